The molecule has 0 spiro atoms. The monoisotopic (exact) mass is 403 g/mol. The van der Waals surface area contributed by atoms with Crippen LogP contribution in [0.5, 0.6) is 0 Å². The molecular formula is C21H25NO5S. The van der Waals surface area contributed by atoms with Crippen LogP contribution in [0.15, 0.2) is 36.4 Å². The molecule has 1 aliphatic rings. The van der Waals surface area contributed by atoms with Gasteiger partial charge >= 0.3 is 5.97 Å². The average Bonchev–Trinajstić information content (AvgIpc) is 3.13. The molecule has 2 aromatic rings. The van der Waals surface area contributed by atoms with Gasteiger partial charge in [-0.1, -0.05) is 37.3 Å². The average molecular weight is 404 g/mol. The third kappa shape index (κ3) is 4.27. The van der Waals surface area contributed by atoms with Crippen molar-refractivity contribution in [1.29, 1.82) is 0 Å². The number of esters is 1. The van der Waals surface area contributed by atoms with Crippen LogP contribution in [0, 0.1) is 5.92 Å². The lowest BCUT2D eigenvalue weighted by Crippen LogP contribution is -2.48. The Morgan fingerprint density at radius 1 is 1.18 bits per heavy atom. The topological polar surface area (TPSA) is 65.1 Å². The molecule has 0 N–H and O–H groups in total. The minimum absolute atomic E-state index is 0.194. The Hall–Kier alpha value is -2.22. The Morgan fingerprint density at radius 2 is 1.82 bits per heavy atom. The molecule has 1 aliphatic heterocycles. The molecule has 0 aliphatic carbocycles. The first-order valence-electron chi connectivity index (χ1n) is 9.26. The van der Waals surface area contributed by atoms with Crippen LogP contribution < -0.4 is 4.90 Å². The summed E-state index contributed by atoms with van der Waals surface area (Å²) in [6.45, 7) is 6.71. The molecule has 7 heteroatoms. The predicted octanol–water partition coefficient (Wildman–Crippen LogP) is 3.95. The van der Waals surface area contributed by atoms with Crippen LogP contribution in [0.3, 0.4) is 0 Å². The van der Waals surface area contributed by atoms with Crippen molar-refractivity contribution in [2.24, 2.45) is 5.92 Å². The van der Waals surface area contributed by atoms with Gasteiger partial charge in [-0.25, -0.2) is 4.79 Å². The minimum atomic E-state index is -0.968. The molecule has 0 atom stereocenters. The molecule has 1 amide bonds. The number of nitrogens with zero attached hydrogens (tertiary/aromatic N) is 1. The smallest absolute Gasteiger partial charge is 0.350 e. The summed E-state index contributed by atoms with van der Waals surface area (Å²) in [5, 5.41) is 0. The summed E-state index contributed by atoms with van der Waals surface area (Å²) < 4.78 is 16.2. The number of carbonyl (C=O) groups is 2. The minimum Gasteiger partial charge on any atom is -0.465 e. The van der Waals surface area contributed by atoms with Crippen LogP contribution >= 0.6 is 11.3 Å². The highest BCUT2D eigenvalue weighted by Gasteiger charge is 2.35. The number of anilines is 1. The van der Waals surface area contributed by atoms with E-state index in [2.05, 4.69) is 0 Å². The van der Waals surface area contributed by atoms with E-state index in [1.807, 2.05) is 57.2 Å². The highest BCUT2D eigenvalue weighted by Crippen LogP contribution is 2.38. The molecule has 0 radical (unpaired) electrons. The van der Waals surface area contributed by atoms with E-state index in [1.165, 1.54) is 18.4 Å². The van der Waals surface area contributed by atoms with Crippen molar-refractivity contribution in [1.82, 2.24) is 0 Å². The van der Waals surface area contributed by atoms with Crippen molar-refractivity contribution in [3.63, 3.8) is 0 Å². The SMILES string of the molecule is COC(=O)c1sc(-c2ccccc2)cc1N(C(=O)C1OCC(C)CO1)C(C)C. The quantitative estimate of drug-likeness (QED) is 0.707. The van der Waals surface area contributed by atoms with Crippen molar-refractivity contribution in [2.75, 3.05) is 25.2 Å². The third-order valence-corrected chi connectivity index (χ3v) is 5.57. The maximum Gasteiger partial charge on any atom is 0.350 e. The number of hydrogen-bond donors (Lipinski definition) is 0. The maximum absolute atomic E-state index is 13.2. The van der Waals surface area contributed by atoms with E-state index in [0.717, 1.165) is 10.4 Å². The first kappa shape index (κ1) is 20.5. The second kappa shape index (κ2) is 8.86. The van der Waals surface area contributed by atoms with Crippen LogP contribution in [0.4, 0.5) is 5.69 Å². The van der Waals surface area contributed by atoms with Gasteiger partial charge in [0, 0.05) is 16.8 Å². The standard InChI is InChI=1S/C21H25NO5S/c1-13(2)22(19(23)21-26-11-14(3)12-27-21)16-10-17(15-8-6-5-7-9-15)28-18(16)20(24)25-4/h5-10,13-14,21H,11-12H2,1-4H3. The van der Waals surface area contributed by atoms with Crippen LogP contribution in [-0.4, -0.2) is 44.5 Å². The first-order chi connectivity index (χ1) is 13.4. The summed E-state index contributed by atoms with van der Waals surface area (Å²) in [7, 11) is 1.34. The molecule has 1 aromatic carbocycles. The molecule has 6 nitrogen and oxygen atoms in total. The fourth-order valence-corrected chi connectivity index (χ4v) is 4.12. The van der Waals surface area contributed by atoms with Gasteiger partial charge < -0.3 is 19.1 Å². The van der Waals surface area contributed by atoms with Crippen LogP contribution in [0.1, 0.15) is 30.4 Å². The van der Waals surface area contributed by atoms with E-state index in [0.29, 0.717) is 23.8 Å². The number of methoxy groups -OCH3 is 1. The molecule has 0 bridgehead atoms. The van der Waals surface area contributed by atoms with Crippen molar-refractivity contribution in [3.05, 3.63) is 41.3 Å². The number of thiophene rings is 1. The summed E-state index contributed by atoms with van der Waals surface area (Å²) in [6.07, 6.45) is -0.968. The van der Waals surface area contributed by atoms with E-state index in [-0.39, 0.29) is 17.9 Å². The maximum atomic E-state index is 13.2. The Kier molecular flexibility index (Phi) is 6.49. The zero-order valence-corrected chi connectivity index (χ0v) is 17.3. The van der Waals surface area contributed by atoms with E-state index in [4.69, 9.17) is 14.2 Å². The largest absolute Gasteiger partial charge is 0.465 e. The molecule has 28 heavy (non-hydrogen) atoms. The number of amides is 1. The van der Waals surface area contributed by atoms with Gasteiger partial charge in [-0.15, -0.1) is 11.3 Å². The van der Waals surface area contributed by atoms with Crippen LogP contribution in [0.25, 0.3) is 10.4 Å². The van der Waals surface area contributed by atoms with E-state index < -0.39 is 12.3 Å². The summed E-state index contributed by atoms with van der Waals surface area (Å²) in [4.78, 5) is 28.5. The Balaban J connectivity index is 2.00. The van der Waals surface area contributed by atoms with E-state index in [1.54, 1.807) is 4.90 Å². The Morgan fingerprint density at radius 3 is 2.39 bits per heavy atom. The molecule has 1 saturated heterocycles. The lowest BCUT2D eigenvalue weighted by Gasteiger charge is -2.33. The van der Waals surface area contributed by atoms with Crippen molar-refractivity contribution < 1.29 is 23.8 Å². The number of benzene rings is 1. The van der Waals surface area contributed by atoms with Gasteiger partial charge in [0.2, 0.25) is 6.29 Å². The number of hydrogen-bond acceptors (Lipinski definition) is 6. The summed E-state index contributed by atoms with van der Waals surface area (Å²) in [5.41, 5.74) is 1.49. The second-order valence-corrected chi connectivity index (χ2v) is 8.14. The van der Waals surface area contributed by atoms with Gasteiger partial charge in [-0.2, -0.15) is 0 Å². The lowest BCUT2D eigenvalue weighted by molar-refractivity contribution is -0.200. The fourth-order valence-electron chi connectivity index (χ4n) is 3.05. The van der Waals surface area contributed by atoms with Crippen molar-refractivity contribution in [2.45, 2.75) is 33.1 Å². The number of carbonyl (C=O) groups excluding carboxylic acids is 2. The second-order valence-electron chi connectivity index (χ2n) is 7.09. The normalized spacial score (nSPS) is 19.5. The molecule has 2 heterocycles. The van der Waals surface area contributed by atoms with E-state index >= 15 is 0 Å². The molecule has 0 saturated carbocycles. The molecular weight excluding hydrogens is 378 g/mol. The first-order valence-corrected chi connectivity index (χ1v) is 10.1. The molecule has 1 aromatic heterocycles. The van der Waals surface area contributed by atoms with Gasteiger partial charge in [0.25, 0.3) is 5.91 Å². The molecule has 1 fully saturated rings. The summed E-state index contributed by atoms with van der Waals surface area (Å²) in [6, 6.07) is 11.4. The lowest BCUT2D eigenvalue weighted by atomic mass is 10.1. The van der Waals surface area contributed by atoms with Gasteiger partial charge in [-0.05, 0) is 25.5 Å². The molecule has 0 unspecified atom stereocenters. The van der Waals surface area contributed by atoms with Crippen molar-refractivity contribution >= 4 is 28.9 Å². The van der Waals surface area contributed by atoms with Gasteiger partial charge in [-0.3, -0.25) is 4.79 Å². The van der Waals surface area contributed by atoms with Gasteiger partial charge in [0.1, 0.15) is 4.88 Å². The number of rotatable bonds is 5. The zero-order chi connectivity index (χ0) is 20.3. The zero-order valence-electron chi connectivity index (χ0n) is 16.5. The predicted molar refractivity (Wildman–Crippen MR) is 109 cm³/mol. The number of ether oxygens (including phenoxy) is 3. The molecule has 3 rings (SSSR count). The van der Waals surface area contributed by atoms with Gasteiger partial charge in [0.05, 0.1) is 26.0 Å². The van der Waals surface area contributed by atoms with E-state index in [9.17, 15) is 9.59 Å². The van der Waals surface area contributed by atoms with Crippen molar-refractivity contribution in [3.8, 4) is 10.4 Å². The fraction of sp³-hybridized carbons (Fsp3) is 0.429. The molecule has 150 valence electrons. The van der Waals surface area contributed by atoms with Gasteiger partial charge in [0.15, 0.2) is 0 Å². The van der Waals surface area contributed by atoms with Crippen LogP contribution in [0.2, 0.25) is 0 Å². The summed E-state index contributed by atoms with van der Waals surface area (Å²) in [5.74, 6) is -0.544. The Labute approximate surface area is 169 Å². The highest BCUT2D eigenvalue weighted by molar-refractivity contribution is 7.18. The van der Waals surface area contributed by atoms with Crippen LogP contribution in [-0.2, 0) is 19.0 Å². The third-order valence-electron chi connectivity index (χ3n) is 4.42. The summed E-state index contributed by atoms with van der Waals surface area (Å²) >= 11 is 1.31. The highest BCUT2D eigenvalue weighted by atomic mass is 32.1. The Bertz CT molecular complexity index is 825.